The molecule has 0 aromatic heterocycles. The molecular weight excluding hydrogens is 338 g/mol. The predicted molar refractivity (Wildman–Crippen MR) is 124 cm³/mol. The van der Waals surface area contributed by atoms with Gasteiger partial charge in [0.25, 0.3) is 0 Å². The largest absolute Gasteiger partial charge is 0.365 e. The fraction of sp³-hybridized carbons (Fsp3) is 0.778. The van der Waals surface area contributed by atoms with Crippen molar-refractivity contribution in [2.45, 2.75) is 105 Å². The normalized spacial score (nSPS) is 30.2. The maximum Gasteiger partial charge on any atom is 0.0441 e. The lowest BCUT2D eigenvalue weighted by Crippen LogP contribution is -2.42. The first-order valence-corrected chi connectivity index (χ1v) is 11.9. The van der Waals surface area contributed by atoms with Crippen molar-refractivity contribution in [1.82, 2.24) is 0 Å². The van der Waals surface area contributed by atoms with Gasteiger partial charge in [-0.3, -0.25) is 0 Å². The minimum Gasteiger partial charge on any atom is -0.365 e. The zero-order valence-electron chi connectivity index (χ0n) is 20.1. The van der Waals surface area contributed by atoms with Gasteiger partial charge < -0.3 is 4.90 Å². The average Bonchev–Trinajstić information content (AvgIpc) is 2.83. The Balaban J connectivity index is 2.11. The molecule has 1 heterocycles. The fourth-order valence-electron chi connectivity index (χ4n) is 6.89. The zero-order valence-corrected chi connectivity index (χ0v) is 20.1. The molecule has 1 saturated heterocycles. The van der Waals surface area contributed by atoms with E-state index in [0.717, 1.165) is 17.8 Å². The summed E-state index contributed by atoms with van der Waals surface area (Å²) in [7, 11) is 0. The Morgan fingerprint density at radius 3 is 2.00 bits per heavy atom. The molecule has 2 aliphatic rings. The molecule has 1 saturated carbocycles. The van der Waals surface area contributed by atoms with Crippen LogP contribution in [0.25, 0.3) is 0 Å². The number of nitrogens with zero attached hydrogens (tertiary/aromatic N) is 1. The van der Waals surface area contributed by atoms with Crippen molar-refractivity contribution in [3.8, 4) is 0 Å². The van der Waals surface area contributed by atoms with E-state index in [0.29, 0.717) is 17.3 Å². The Morgan fingerprint density at radius 2 is 1.50 bits per heavy atom. The molecule has 158 valence electrons. The smallest absolute Gasteiger partial charge is 0.0441 e. The number of hydrogen-bond donors (Lipinski definition) is 0. The summed E-state index contributed by atoms with van der Waals surface area (Å²) in [4.78, 5) is 2.85. The van der Waals surface area contributed by atoms with Crippen molar-refractivity contribution in [1.29, 1.82) is 0 Å². The third kappa shape index (κ3) is 3.75. The van der Waals surface area contributed by atoms with Gasteiger partial charge in [-0.1, -0.05) is 73.1 Å². The molecule has 1 spiro atoms. The van der Waals surface area contributed by atoms with Crippen LogP contribution < -0.4 is 4.90 Å². The SMILES string of the molecule is CC(C)c1cccc(C(C)C)c1N1CC2(C[C@H](C)CCC2C(C)C)CC1(C)C. The highest BCUT2D eigenvalue weighted by atomic mass is 15.2. The summed E-state index contributed by atoms with van der Waals surface area (Å²) in [6, 6.07) is 7.05. The Morgan fingerprint density at radius 1 is 0.929 bits per heavy atom. The van der Waals surface area contributed by atoms with Crippen LogP contribution in [0.1, 0.15) is 111 Å². The molecule has 2 unspecified atom stereocenters. The van der Waals surface area contributed by atoms with Crippen LogP contribution >= 0.6 is 0 Å². The quantitative estimate of drug-likeness (QED) is 0.509. The molecule has 0 radical (unpaired) electrons. The van der Waals surface area contributed by atoms with Crippen molar-refractivity contribution < 1.29 is 0 Å². The van der Waals surface area contributed by atoms with Crippen LogP contribution in [0.15, 0.2) is 18.2 Å². The zero-order chi connectivity index (χ0) is 20.9. The molecule has 0 N–H and O–H groups in total. The minimum absolute atomic E-state index is 0.221. The van der Waals surface area contributed by atoms with Gasteiger partial charge >= 0.3 is 0 Å². The highest BCUT2D eigenvalue weighted by Gasteiger charge is 2.55. The molecule has 0 bridgehead atoms. The summed E-state index contributed by atoms with van der Waals surface area (Å²) in [5.41, 5.74) is 5.35. The van der Waals surface area contributed by atoms with E-state index in [4.69, 9.17) is 0 Å². The molecule has 1 heteroatoms. The Kier molecular flexibility index (Phi) is 5.97. The number of para-hydroxylation sites is 1. The van der Waals surface area contributed by atoms with Gasteiger partial charge in [-0.15, -0.1) is 0 Å². The average molecular weight is 384 g/mol. The molecule has 1 aliphatic heterocycles. The molecule has 1 nitrogen and oxygen atoms in total. The molecule has 2 fully saturated rings. The van der Waals surface area contributed by atoms with Gasteiger partial charge in [0.15, 0.2) is 0 Å². The van der Waals surface area contributed by atoms with Crippen molar-refractivity contribution in [2.75, 3.05) is 11.4 Å². The van der Waals surface area contributed by atoms with Gasteiger partial charge in [-0.05, 0) is 79.2 Å². The molecule has 1 aromatic carbocycles. The lowest BCUT2D eigenvalue weighted by atomic mass is 9.58. The van der Waals surface area contributed by atoms with E-state index >= 15 is 0 Å². The van der Waals surface area contributed by atoms with Crippen LogP contribution in [-0.2, 0) is 0 Å². The molecule has 28 heavy (non-hydrogen) atoms. The fourth-order valence-corrected chi connectivity index (χ4v) is 6.89. The summed E-state index contributed by atoms with van der Waals surface area (Å²) >= 11 is 0. The van der Waals surface area contributed by atoms with Crippen molar-refractivity contribution in [2.24, 2.45) is 23.2 Å². The van der Waals surface area contributed by atoms with Gasteiger partial charge in [0.2, 0.25) is 0 Å². The second-order valence-electron chi connectivity index (χ2n) is 11.8. The molecule has 3 atom stereocenters. The summed E-state index contributed by atoms with van der Waals surface area (Å²) in [6.07, 6.45) is 5.60. The topological polar surface area (TPSA) is 3.24 Å². The molecule has 1 aromatic rings. The highest BCUT2D eigenvalue weighted by molar-refractivity contribution is 5.64. The van der Waals surface area contributed by atoms with Gasteiger partial charge in [-0.2, -0.15) is 0 Å². The maximum absolute atomic E-state index is 2.85. The van der Waals surface area contributed by atoms with Gasteiger partial charge in [0.1, 0.15) is 0 Å². The van der Waals surface area contributed by atoms with Crippen LogP contribution in [-0.4, -0.2) is 12.1 Å². The van der Waals surface area contributed by atoms with E-state index in [-0.39, 0.29) is 5.54 Å². The number of rotatable bonds is 4. The summed E-state index contributed by atoms with van der Waals surface area (Å²) in [6.45, 7) is 23.2. The third-order valence-electron chi connectivity index (χ3n) is 7.92. The van der Waals surface area contributed by atoms with Crippen LogP contribution in [0.4, 0.5) is 5.69 Å². The van der Waals surface area contributed by atoms with Crippen LogP contribution in [0.2, 0.25) is 0 Å². The van der Waals surface area contributed by atoms with E-state index in [1.807, 2.05) is 0 Å². The van der Waals surface area contributed by atoms with E-state index in [9.17, 15) is 0 Å². The number of hydrogen-bond acceptors (Lipinski definition) is 1. The standard InChI is InChI=1S/C27H45N/c1-18(2)22-11-10-12-23(19(3)4)25(22)28-17-27(16-26(28,8)9)15-21(7)13-14-24(27)20(5)6/h10-12,18-21,24H,13-17H2,1-9H3/t21-,24?,27?/m1/s1. The monoisotopic (exact) mass is 383 g/mol. The van der Waals surface area contributed by atoms with Crippen LogP contribution in [0.3, 0.4) is 0 Å². The van der Waals surface area contributed by atoms with Crippen molar-refractivity contribution in [3.63, 3.8) is 0 Å². The van der Waals surface area contributed by atoms with Gasteiger partial charge in [0, 0.05) is 17.8 Å². The lowest BCUT2D eigenvalue weighted by Gasteiger charge is -2.46. The van der Waals surface area contributed by atoms with Gasteiger partial charge in [-0.25, -0.2) is 0 Å². The first-order chi connectivity index (χ1) is 13.0. The summed E-state index contributed by atoms with van der Waals surface area (Å²) in [5, 5.41) is 0. The van der Waals surface area contributed by atoms with Crippen LogP contribution in [0.5, 0.6) is 0 Å². The third-order valence-corrected chi connectivity index (χ3v) is 7.92. The van der Waals surface area contributed by atoms with Crippen LogP contribution in [0, 0.1) is 23.2 Å². The highest BCUT2D eigenvalue weighted by Crippen LogP contribution is 2.58. The van der Waals surface area contributed by atoms with Crippen molar-refractivity contribution >= 4 is 5.69 Å². The second-order valence-corrected chi connectivity index (χ2v) is 11.8. The molecule has 1 aliphatic carbocycles. The Bertz CT molecular complexity index is 657. The maximum atomic E-state index is 2.85. The molecular formula is C27H45N. The Hall–Kier alpha value is -0.980. The molecule has 3 rings (SSSR count). The first-order valence-electron chi connectivity index (χ1n) is 11.9. The number of anilines is 1. The summed E-state index contributed by atoms with van der Waals surface area (Å²) in [5.74, 6) is 3.64. The molecule has 0 amide bonds. The predicted octanol–water partition coefficient (Wildman–Crippen LogP) is 8.00. The van der Waals surface area contributed by atoms with E-state index in [1.165, 1.54) is 32.2 Å². The van der Waals surface area contributed by atoms with Crippen molar-refractivity contribution in [3.05, 3.63) is 29.3 Å². The van der Waals surface area contributed by atoms with E-state index in [2.05, 4.69) is 85.4 Å². The second kappa shape index (κ2) is 7.69. The lowest BCUT2D eigenvalue weighted by molar-refractivity contribution is 0.0453. The summed E-state index contributed by atoms with van der Waals surface area (Å²) < 4.78 is 0. The van der Waals surface area contributed by atoms with E-state index < -0.39 is 0 Å². The number of benzene rings is 1. The first kappa shape index (κ1) is 21.7. The Labute approximate surface area is 175 Å². The minimum atomic E-state index is 0.221. The van der Waals surface area contributed by atoms with Gasteiger partial charge in [0.05, 0.1) is 0 Å². The van der Waals surface area contributed by atoms with E-state index in [1.54, 1.807) is 16.8 Å².